The number of hydrogen-bond acceptors (Lipinski definition) is 9. The molecule has 316 valence electrons. The smallest absolute Gasteiger partial charge is 0.306 e. The highest BCUT2D eigenvalue weighted by Crippen LogP contribution is 2.17. The maximum atomic E-state index is 11.9. The molecule has 3 saturated heterocycles. The number of hydrogen-bond donors (Lipinski definition) is 4. The molecular weight excluding hydrogens is 692 g/mol. The van der Waals surface area contributed by atoms with Gasteiger partial charge in [-0.05, 0) is 57.8 Å². The van der Waals surface area contributed by atoms with Gasteiger partial charge in [-0.2, -0.15) is 0 Å². The van der Waals surface area contributed by atoms with E-state index in [0.717, 1.165) is 77.8 Å². The van der Waals surface area contributed by atoms with Gasteiger partial charge in [0.05, 0.1) is 20.0 Å². The lowest BCUT2D eigenvalue weighted by molar-refractivity contribution is -0.146. The van der Waals surface area contributed by atoms with Crippen LogP contribution in [0.2, 0.25) is 0 Å². The molecule has 54 heavy (non-hydrogen) atoms. The minimum Gasteiger partial charge on any atom is -0.481 e. The van der Waals surface area contributed by atoms with Gasteiger partial charge in [-0.25, -0.2) is 0 Å². The SMILES string of the molecule is C1CC1.C1CC1.C1CC1.COC(=O)C[C@H](C)C(=O)N1CCCCC1.C[C@@H](CC(=O)O)C(=O)N1CCCCC1.C[C@@H](CC(N)=O)C(=O)N1CCCCC1.N.N. The third kappa shape index (κ3) is 29.1. The van der Waals surface area contributed by atoms with Crippen LogP contribution in [0.25, 0.3) is 0 Å². The van der Waals surface area contributed by atoms with E-state index in [-0.39, 0.29) is 73.0 Å². The van der Waals surface area contributed by atoms with Crippen molar-refractivity contribution in [3.63, 3.8) is 0 Å². The van der Waals surface area contributed by atoms with Crippen LogP contribution in [0, 0.1) is 17.8 Å². The summed E-state index contributed by atoms with van der Waals surface area (Å²) in [4.78, 5) is 72.9. The molecular formula is C40H78N6O8. The van der Waals surface area contributed by atoms with Crippen molar-refractivity contribution >= 4 is 35.6 Å². The number of likely N-dealkylation sites (tertiary alicyclic amines) is 3. The van der Waals surface area contributed by atoms with E-state index in [9.17, 15) is 28.8 Å². The van der Waals surface area contributed by atoms with E-state index in [2.05, 4.69) is 4.74 Å². The number of amides is 4. The second-order valence-corrected chi connectivity index (χ2v) is 15.1. The van der Waals surface area contributed by atoms with Crippen molar-refractivity contribution < 1.29 is 38.6 Å². The fraction of sp³-hybridized carbons (Fsp3) is 0.850. The number of piperidine rings is 3. The largest absolute Gasteiger partial charge is 0.481 e. The van der Waals surface area contributed by atoms with E-state index in [0.29, 0.717) is 0 Å². The van der Waals surface area contributed by atoms with E-state index < -0.39 is 11.9 Å². The zero-order valence-electron chi connectivity index (χ0n) is 34.5. The number of carbonyl (C=O) groups excluding carboxylic acids is 5. The summed E-state index contributed by atoms with van der Waals surface area (Å²) in [7, 11) is 1.35. The molecule has 0 aromatic heterocycles. The molecule has 3 saturated carbocycles. The van der Waals surface area contributed by atoms with Crippen LogP contribution in [0.5, 0.6) is 0 Å². The lowest BCUT2D eigenvalue weighted by Gasteiger charge is -2.28. The van der Waals surface area contributed by atoms with Gasteiger partial charge >= 0.3 is 11.9 Å². The highest BCUT2D eigenvalue weighted by Gasteiger charge is 2.25. The number of carboxylic acids is 1. The summed E-state index contributed by atoms with van der Waals surface area (Å²) in [6.07, 6.45) is 23.8. The van der Waals surface area contributed by atoms with Gasteiger partial charge < -0.3 is 42.6 Å². The number of esters is 1. The van der Waals surface area contributed by atoms with Crippen LogP contribution in [0.4, 0.5) is 0 Å². The Morgan fingerprint density at radius 1 is 0.481 bits per heavy atom. The molecule has 4 amide bonds. The zero-order chi connectivity index (χ0) is 38.7. The number of nitrogens with zero attached hydrogens (tertiary/aromatic N) is 3. The van der Waals surface area contributed by atoms with Crippen molar-refractivity contribution in [3.05, 3.63) is 0 Å². The number of primary amides is 1. The number of carbonyl (C=O) groups is 6. The molecule has 3 aliphatic carbocycles. The maximum absolute atomic E-state index is 11.9. The quantitative estimate of drug-likeness (QED) is 0.182. The van der Waals surface area contributed by atoms with E-state index >= 15 is 0 Å². The van der Waals surface area contributed by atoms with Crippen LogP contribution in [-0.2, 0) is 33.5 Å². The first-order chi connectivity index (χ1) is 24.9. The highest BCUT2D eigenvalue weighted by molar-refractivity contribution is 5.85. The van der Waals surface area contributed by atoms with Crippen LogP contribution < -0.4 is 18.0 Å². The lowest BCUT2D eigenvalue weighted by Crippen LogP contribution is -2.39. The maximum Gasteiger partial charge on any atom is 0.306 e. The molecule has 9 N–H and O–H groups in total. The van der Waals surface area contributed by atoms with Gasteiger partial charge in [0.25, 0.3) is 0 Å². The Bertz CT molecular complexity index is 982. The molecule has 14 heteroatoms. The Kier molecular flexibility index (Phi) is 31.3. The van der Waals surface area contributed by atoms with Crippen LogP contribution in [-0.4, -0.2) is 102 Å². The zero-order valence-corrected chi connectivity index (χ0v) is 34.5. The Hall–Kier alpha value is -3.26. The van der Waals surface area contributed by atoms with Gasteiger partial charge in [0.1, 0.15) is 0 Å². The highest BCUT2D eigenvalue weighted by atomic mass is 16.5. The summed E-state index contributed by atoms with van der Waals surface area (Å²) in [6.45, 7) is 10.2. The first kappa shape index (κ1) is 52.8. The predicted octanol–water partition coefficient (Wildman–Crippen LogP) is 6.65. The number of aliphatic carboxylic acids is 1. The van der Waals surface area contributed by atoms with Gasteiger partial charge in [0.2, 0.25) is 23.6 Å². The first-order valence-electron chi connectivity index (χ1n) is 20.3. The van der Waals surface area contributed by atoms with Crippen molar-refractivity contribution in [2.24, 2.45) is 23.5 Å². The van der Waals surface area contributed by atoms with Gasteiger partial charge in [0, 0.05) is 63.4 Å². The van der Waals surface area contributed by atoms with Gasteiger partial charge in [0.15, 0.2) is 0 Å². The Labute approximate surface area is 326 Å². The van der Waals surface area contributed by atoms with Crippen LogP contribution in [0.15, 0.2) is 0 Å². The van der Waals surface area contributed by atoms with E-state index in [1.165, 1.54) is 84.2 Å². The van der Waals surface area contributed by atoms with Gasteiger partial charge in [-0.3, -0.25) is 28.8 Å². The van der Waals surface area contributed by atoms with Crippen LogP contribution >= 0.6 is 0 Å². The monoisotopic (exact) mass is 771 g/mol. The fourth-order valence-electron chi connectivity index (χ4n) is 5.44. The number of nitrogens with two attached hydrogens (primary N) is 1. The van der Waals surface area contributed by atoms with Crippen molar-refractivity contribution in [2.45, 2.75) is 156 Å². The molecule has 14 nitrogen and oxygen atoms in total. The molecule has 6 rings (SSSR count). The number of ether oxygens (including phenoxy) is 1. The summed E-state index contributed by atoms with van der Waals surface area (Å²) >= 11 is 0. The summed E-state index contributed by atoms with van der Waals surface area (Å²) in [6, 6.07) is 0. The van der Waals surface area contributed by atoms with E-state index in [1.54, 1.807) is 25.7 Å². The Morgan fingerprint density at radius 3 is 0.944 bits per heavy atom. The van der Waals surface area contributed by atoms with Crippen LogP contribution in [0.3, 0.4) is 0 Å². The third-order valence-electron chi connectivity index (χ3n) is 9.02. The molecule has 0 spiro atoms. The standard InChI is InChI=1S/C11H19NO3.C10H18N2O2.C10H17NO3.3C3H6.2H3N/c1-9(8-10(13)15-2)11(14)12-6-4-3-5-7-12;1-8(7-9(11)13)10(14)12-5-3-2-4-6-12;1-8(7-9(12)13)10(14)11-5-3-2-4-6-11;3*1-2-3-1;;/h9H,3-8H2,1-2H3;8H,2-7H2,1H3,(H2,11,13);8H,2-7H2,1H3,(H,12,13);3*1-3H2;2*1H3/t9-;2*8-;;;;;/m000...../s1. The average Bonchev–Trinajstić information content (AvgIpc) is 3.97. The molecule has 0 unspecified atom stereocenters. The number of methoxy groups -OCH3 is 1. The summed E-state index contributed by atoms with van der Waals surface area (Å²) in [5.74, 6) is -2.36. The van der Waals surface area contributed by atoms with Crippen molar-refractivity contribution in [1.82, 2.24) is 27.0 Å². The van der Waals surface area contributed by atoms with Gasteiger partial charge in [-0.15, -0.1) is 0 Å². The molecule has 0 aromatic carbocycles. The Morgan fingerprint density at radius 2 is 0.722 bits per heavy atom. The summed E-state index contributed by atoms with van der Waals surface area (Å²) in [5, 5.41) is 8.56. The Balaban J connectivity index is 0. The molecule has 3 heterocycles. The second-order valence-electron chi connectivity index (χ2n) is 15.1. The summed E-state index contributed by atoms with van der Waals surface area (Å²) < 4.78 is 4.55. The van der Waals surface area contributed by atoms with Crippen molar-refractivity contribution in [2.75, 3.05) is 46.4 Å². The van der Waals surface area contributed by atoms with Crippen molar-refractivity contribution in [1.29, 1.82) is 0 Å². The van der Waals surface area contributed by atoms with E-state index in [1.807, 2.05) is 9.80 Å². The predicted molar refractivity (Wildman–Crippen MR) is 213 cm³/mol. The van der Waals surface area contributed by atoms with Crippen molar-refractivity contribution in [3.8, 4) is 0 Å². The molecule has 0 bridgehead atoms. The average molecular weight is 771 g/mol. The molecule has 3 atom stereocenters. The molecule has 6 fully saturated rings. The number of carboxylic acid groups (broad SMARTS) is 1. The van der Waals surface area contributed by atoms with E-state index in [4.69, 9.17) is 10.8 Å². The third-order valence-corrected chi connectivity index (χ3v) is 9.02. The van der Waals surface area contributed by atoms with Gasteiger partial charge in [-0.1, -0.05) is 78.6 Å². The first-order valence-corrected chi connectivity index (χ1v) is 20.3. The summed E-state index contributed by atoms with van der Waals surface area (Å²) in [5.41, 5.74) is 5.05. The molecule has 6 aliphatic rings. The lowest BCUT2D eigenvalue weighted by atomic mass is 10.0. The fourth-order valence-corrected chi connectivity index (χ4v) is 5.44. The number of rotatable bonds is 9. The molecule has 3 aliphatic heterocycles. The molecule has 0 aromatic rings. The molecule has 0 radical (unpaired) electrons. The normalized spacial score (nSPS) is 19.0. The van der Waals surface area contributed by atoms with Crippen LogP contribution in [0.1, 0.15) is 156 Å². The topological polar surface area (TPSA) is 238 Å². The minimum atomic E-state index is -0.900. The second kappa shape index (κ2) is 32.0. The minimum absolute atomic E-state index is 0.